The summed E-state index contributed by atoms with van der Waals surface area (Å²) in [5, 5.41) is 0. The van der Waals surface area contributed by atoms with Crippen molar-refractivity contribution in [1.29, 1.82) is 0 Å². The maximum atomic E-state index is 2.30. The number of hydrogen-bond acceptors (Lipinski definition) is 0. The molecule has 0 fully saturated rings. The SMILES string of the molecule is CCCCCCCCCCCCCCCCCCC.[NaH]. The number of unbranched alkanes of at least 4 members (excludes halogenated alkanes) is 16. The first-order valence-electron chi connectivity index (χ1n) is 9.41. The van der Waals surface area contributed by atoms with Crippen molar-refractivity contribution in [2.24, 2.45) is 0 Å². The van der Waals surface area contributed by atoms with Gasteiger partial charge in [-0.05, 0) is 0 Å². The zero-order valence-electron chi connectivity index (χ0n) is 14.0. The zero-order chi connectivity index (χ0) is 14.0. The Labute approximate surface area is 152 Å². The van der Waals surface area contributed by atoms with Gasteiger partial charge in [0.1, 0.15) is 0 Å². The third-order valence-electron chi connectivity index (χ3n) is 4.21. The summed E-state index contributed by atoms with van der Waals surface area (Å²) in [6.07, 6.45) is 24.9. The van der Waals surface area contributed by atoms with Gasteiger partial charge in [-0.3, -0.25) is 0 Å². The molecule has 20 heavy (non-hydrogen) atoms. The molecule has 0 amide bonds. The molecule has 0 N–H and O–H groups in total. The van der Waals surface area contributed by atoms with Crippen LogP contribution in [0.15, 0.2) is 0 Å². The summed E-state index contributed by atoms with van der Waals surface area (Å²) in [7, 11) is 0. The van der Waals surface area contributed by atoms with Gasteiger partial charge in [0.15, 0.2) is 0 Å². The fraction of sp³-hybridized carbons (Fsp3) is 1.00. The Morgan fingerprint density at radius 1 is 0.300 bits per heavy atom. The molecule has 0 heterocycles. The first kappa shape index (κ1) is 23.3. The van der Waals surface area contributed by atoms with Crippen LogP contribution in [0.2, 0.25) is 0 Å². The normalized spacial score (nSPS) is 10.5. The van der Waals surface area contributed by atoms with E-state index < -0.39 is 0 Å². The van der Waals surface area contributed by atoms with E-state index in [0.29, 0.717) is 0 Å². The molecule has 0 aliphatic rings. The van der Waals surface area contributed by atoms with E-state index in [1.54, 1.807) is 0 Å². The summed E-state index contributed by atoms with van der Waals surface area (Å²) < 4.78 is 0. The molecule has 1 heteroatoms. The number of hydrogen-bond donors (Lipinski definition) is 0. The monoisotopic (exact) mass is 292 g/mol. The van der Waals surface area contributed by atoms with Gasteiger partial charge in [0.25, 0.3) is 0 Å². The van der Waals surface area contributed by atoms with Crippen LogP contribution < -0.4 is 0 Å². The Kier molecular flexibility index (Phi) is 25.9. The van der Waals surface area contributed by atoms with Crippen LogP contribution in [0.4, 0.5) is 0 Å². The minimum absolute atomic E-state index is 0. The first-order valence-corrected chi connectivity index (χ1v) is 9.41. The molecular weight excluding hydrogens is 251 g/mol. The Balaban J connectivity index is 0. The molecular formula is C19H41Na. The standard InChI is InChI=1S/C19H40.Na.H/c1-3-5-7-9-11-13-15-17-19-18-16-14-12-10-8-6-4-2;;/h3-19H2,1-2H3;;. The fourth-order valence-electron chi connectivity index (χ4n) is 2.80. The molecule has 0 bridgehead atoms. The average molecular weight is 293 g/mol. The van der Waals surface area contributed by atoms with Crippen molar-refractivity contribution in [1.82, 2.24) is 0 Å². The second kappa shape index (κ2) is 22.3. The van der Waals surface area contributed by atoms with Crippen molar-refractivity contribution in [2.75, 3.05) is 0 Å². The fourth-order valence-corrected chi connectivity index (χ4v) is 2.80. The predicted molar refractivity (Wildman–Crippen MR) is 97.0 cm³/mol. The molecule has 118 valence electrons. The molecule has 0 unspecified atom stereocenters. The topological polar surface area (TPSA) is 0 Å². The molecule has 0 aromatic rings. The van der Waals surface area contributed by atoms with Gasteiger partial charge < -0.3 is 0 Å². The van der Waals surface area contributed by atoms with Gasteiger partial charge in [-0.2, -0.15) is 0 Å². The van der Waals surface area contributed by atoms with Crippen LogP contribution in [-0.4, -0.2) is 29.6 Å². The Bertz CT molecular complexity index is 129. The van der Waals surface area contributed by atoms with E-state index in [2.05, 4.69) is 13.8 Å². The van der Waals surface area contributed by atoms with Crippen LogP contribution in [0, 0.1) is 0 Å². The molecule has 0 nitrogen and oxygen atoms in total. The van der Waals surface area contributed by atoms with E-state index >= 15 is 0 Å². The van der Waals surface area contributed by atoms with Crippen molar-refractivity contribution < 1.29 is 0 Å². The third kappa shape index (κ3) is 21.3. The van der Waals surface area contributed by atoms with Gasteiger partial charge >= 0.3 is 29.6 Å². The molecule has 0 saturated carbocycles. The molecule has 0 atom stereocenters. The second-order valence-corrected chi connectivity index (χ2v) is 6.30. The van der Waals surface area contributed by atoms with Gasteiger partial charge in [0.05, 0.1) is 0 Å². The Morgan fingerprint density at radius 3 is 0.600 bits per heavy atom. The Morgan fingerprint density at radius 2 is 0.450 bits per heavy atom. The van der Waals surface area contributed by atoms with Crippen molar-refractivity contribution in [3.05, 3.63) is 0 Å². The van der Waals surface area contributed by atoms with Gasteiger partial charge in [-0.1, -0.05) is 123 Å². The molecule has 0 radical (unpaired) electrons. The summed E-state index contributed by atoms with van der Waals surface area (Å²) in [6.45, 7) is 4.59. The van der Waals surface area contributed by atoms with Crippen LogP contribution >= 0.6 is 0 Å². The van der Waals surface area contributed by atoms with Crippen molar-refractivity contribution >= 4 is 29.6 Å². The van der Waals surface area contributed by atoms with Gasteiger partial charge in [0.2, 0.25) is 0 Å². The molecule has 0 saturated heterocycles. The molecule has 0 spiro atoms. The van der Waals surface area contributed by atoms with Crippen molar-refractivity contribution in [2.45, 2.75) is 123 Å². The summed E-state index contributed by atoms with van der Waals surface area (Å²) >= 11 is 0. The van der Waals surface area contributed by atoms with E-state index in [1.165, 1.54) is 109 Å². The molecule has 0 aliphatic carbocycles. The van der Waals surface area contributed by atoms with E-state index in [4.69, 9.17) is 0 Å². The van der Waals surface area contributed by atoms with Crippen LogP contribution in [0.3, 0.4) is 0 Å². The van der Waals surface area contributed by atoms with E-state index in [0.717, 1.165) is 0 Å². The second-order valence-electron chi connectivity index (χ2n) is 6.30. The zero-order valence-corrected chi connectivity index (χ0v) is 14.0. The summed E-state index contributed by atoms with van der Waals surface area (Å²) in [4.78, 5) is 0. The first-order chi connectivity index (χ1) is 9.41. The van der Waals surface area contributed by atoms with Crippen molar-refractivity contribution in [3.8, 4) is 0 Å². The summed E-state index contributed by atoms with van der Waals surface area (Å²) in [5.41, 5.74) is 0. The van der Waals surface area contributed by atoms with Crippen molar-refractivity contribution in [3.63, 3.8) is 0 Å². The quantitative estimate of drug-likeness (QED) is 0.212. The summed E-state index contributed by atoms with van der Waals surface area (Å²) in [5.74, 6) is 0. The number of rotatable bonds is 16. The van der Waals surface area contributed by atoms with Crippen LogP contribution in [0.5, 0.6) is 0 Å². The van der Waals surface area contributed by atoms with Gasteiger partial charge in [0, 0.05) is 0 Å². The van der Waals surface area contributed by atoms with Crippen LogP contribution in [0.25, 0.3) is 0 Å². The van der Waals surface area contributed by atoms with Crippen LogP contribution in [-0.2, 0) is 0 Å². The Hall–Kier alpha value is 1.00. The minimum atomic E-state index is 0. The summed E-state index contributed by atoms with van der Waals surface area (Å²) in [6, 6.07) is 0. The van der Waals surface area contributed by atoms with Gasteiger partial charge in [-0.15, -0.1) is 0 Å². The molecule has 0 aliphatic heterocycles. The molecule has 0 aromatic carbocycles. The van der Waals surface area contributed by atoms with E-state index in [9.17, 15) is 0 Å². The van der Waals surface area contributed by atoms with E-state index in [1.807, 2.05) is 0 Å². The van der Waals surface area contributed by atoms with Gasteiger partial charge in [-0.25, -0.2) is 0 Å². The van der Waals surface area contributed by atoms with Crippen LogP contribution in [0.1, 0.15) is 123 Å². The van der Waals surface area contributed by atoms with E-state index in [-0.39, 0.29) is 29.6 Å². The average Bonchev–Trinajstić information content (AvgIpc) is 2.43. The predicted octanol–water partition coefficient (Wildman–Crippen LogP) is 7.01. The molecule has 0 rings (SSSR count). The maximum absolute atomic E-state index is 2.30. The molecule has 0 aromatic heterocycles. The third-order valence-corrected chi connectivity index (χ3v) is 4.21.